The van der Waals surface area contributed by atoms with Gasteiger partial charge in [0.2, 0.25) is 0 Å². The SMILES string of the molecule is CC1CN(c2cc(CNC3CC3)c(Cl)cn2)CC(C)N1C. The van der Waals surface area contributed by atoms with E-state index >= 15 is 0 Å². The summed E-state index contributed by atoms with van der Waals surface area (Å²) in [5, 5.41) is 4.30. The molecule has 1 N–H and O–H groups in total. The molecule has 4 nitrogen and oxygen atoms in total. The zero-order valence-corrected chi connectivity index (χ0v) is 13.9. The Balaban J connectivity index is 1.73. The summed E-state index contributed by atoms with van der Waals surface area (Å²) in [5.74, 6) is 1.05. The molecule has 2 heterocycles. The van der Waals surface area contributed by atoms with Gasteiger partial charge < -0.3 is 10.2 Å². The van der Waals surface area contributed by atoms with Crippen molar-refractivity contribution in [1.82, 2.24) is 15.2 Å². The van der Waals surface area contributed by atoms with Crippen molar-refractivity contribution in [2.75, 3.05) is 25.0 Å². The summed E-state index contributed by atoms with van der Waals surface area (Å²) in [4.78, 5) is 9.36. The smallest absolute Gasteiger partial charge is 0.129 e. The number of hydrogen-bond donors (Lipinski definition) is 1. The minimum absolute atomic E-state index is 0.541. The van der Waals surface area contributed by atoms with E-state index in [1.54, 1.807) is 6.20 Å². The van der Waals surface area contributed by atoms with E-state index in [2.05, 4.69) is 47.1 Å². The third-order valence-corrected chi connectivity index (χ3v) is 5.10. The highest BCUT2D eigenvalue weighted by Gasteiger charge is 2.27. The minimum Gasteiger partial charge on any atom is -0.353 e. The van der Waals surface area contributed by atoms with E-state index in [1.807, 2.05) is 0 Å². The van der Waals surface area contributed by atoms with Crippen molar-refractivity contribution in [3.05, 3.63) is 22.8 Å². The van der Waals surface area contributed by atoms with Crippen molar-refractivity contribution in [3.8, 4) is 0 Å². The Hall–Kier alpha value is -0.840. The average Bonchev–Trinajstić information content (AvgIpc) is 3.27. The van der Waals surface area contributed by atoms with Gasteiger partial charge in [-0.1, -0.05) is 11.6 Å². The molecule has 0 aromatic carbocycles. The molecule has 0 radical (unpaired) electrons. The van der Waals surface area contributed by atoms with Crippen molar-refractivity contribution in [2.24, 2.45) is 0 Å². The van der Waals surface area contributed by atoms with E-state index in [0.717, 1.165) is 36.0 Å². The van der Waals surface area contributed by atoms with E-state index in [0.29, 0.717) is 18.1 Å². The first-order valence-electron chi connectivity index (χ1n) is 7.89. The van der Waals surface area contributed by atoms with Gasteiger partial charge in [0.1, 0.15) is 5.82 Å². The number of nitrogens with zero attached hydrogens (tertiary/aromatic N) is 3. The minimum atomic E-state index is 0.541. The van der Waals surface area contributed by atoms with Gasteiger partial charge in [-0.05, 0) is 45.4 Å². The van der Waals surface area contributed by atoms with Gasteiger partial charge in [-0.25, -0.2) is 4.98 Å². The zero-order valence-electron chi connectivity index (χ0n) is 13.1. The maximum Gasteiger partial charge on any atom is 0.129 e. The molecule has 0 spiro atoms. The van der Waals surface area contributed by atoms with E-state index < -0.39 is 0 Å². The molecule has 2 unspecified atom stereocenters. The van der Waals surface area contributed by atoms with Gasteiger partial charge in [-0.2, -0.15) is 0 Å². The molecule has 5 heteroatoms. The number of hydrogen-bond acceptors (Lipinski definition) is 4. The lowest BCUT2D eigenvalue weighted by Gasteiger charge is -2.43. The number of halogens is 1. The molecule has 1 saturated heterocycles. The van der Waals surface area contributed by atoms with Gasteiger partial charge in [-0.3, -0.25) is 4.90 Å². The maximum atomic E-state index is 6.29. The average molecular weight is 309 g/mol. The largest absolute Gasteiger partial charge is 0.353 e. The molecular formula is C16H25ClN4. The van der Waals surface area contributed by atoms with Gasteiger partial charge in [0, 0.05) is 44.0 Å². The van der Waals surface area contributed by atoms with Crippen molar-refractivity contribution in [1.29, 1.82) is 0 Å². The van der Waals surface area contributed by atoms with Crippen LogP contribution in [0.3, 0.4) is 0 Å². The molecule has 21 heavy (non-hydrogen) atoms. The van der Waals surface area contributed by atoms with E-state index in [1.165, 1.54) is 12.8 Å². The summed E-state index contributed by atoms with van der Waals surface area (Å²) >= 11 is 6.29. The van der Waals surface area contributed by atoms with Gasteiger partial charge in [-0.15, -0.1) is 0 Å². The lowest BCUT2D eigenvalue weighted by molar-refractivity contribution is 0.169. The van der Waals surface area contributed by atoms with Crippen LogP contribution < -0.4 is 10.2 Å². The lowest BCUT2D eigenvalue weighted by atomic mass is 10.1. The number of piperazine rings is 1. The molecular weight excluding hydrogens is 284 g/mol. The van der Waals surface area contributed by atoms with Crippen LogP contribution in [-0.4, -0.2) is 48.1 Å². The summed E-state index contributed by atoms with van der Waals surface area (Å²) in [6.45, 7) is 7.43. The van der Waals surface area contributed by atoms with Crippen LogP contribution in [0.15, 0.2) is 12.3 Å². The first-order valence-corrected chi connectivity index (χ1v) is 8.27. The summed E-state index contributed by atoms with van der Waals surface area (Å²) in [5.41, 5.74) is 1.16. The second-order valence-corrected chi connectivity index (χ2v) is 6.96. The fourth-order valence-electron chi connectivity index (χ4n) is 2.91. The molecule has 2 fully saturated rings. The number of nitrogens with one attached hydrogen (secondary N) is 1. The van der Waals surface area contributed by atoms with Gasteiger partial charge in [0.15, 0.2) is 0 Å². The first-order chi connectivity index (χ1) is 10.0. The van der Waals surface area contributed by atoms with Crippen molar-refractivity contribution in [3.63, 3.8) is 0 Å². The second-order valence-electron chi connectivity index (χ2n) is 6.56. The summed E-state index contributed by atoms with van der Waals surface area (Å²) in [6.07, 6.45) is 4.39. The predicted octanol–water partition coefficient (Wildman–Crippen LogP) is 2.52. The Labute approximate surface area is 132 Å². The molecule has 0 amide bonds. The molecule has 1 aliphatic heterocycles. The van der Waals surface area contributed by atoms with Crippen LogP contribution in [0.1, 0.15) is 32.3 Å². The Kier molecular flexibility index (Phi) is 4.38. The molecule has 2 atom stereocenters. The standard InChI is InChI=1S/C16H25ClN4/c1-11-9-21(10-12(2)20(11)3)16-6-13(15(17)8-19-16)7-18-14-4-5-14/h6,8,11-12,14,18H,4-5,7,9-10H2,1-3H3. The Morgan fingerprint density at radius 1 is 1.29 bits per heavy atom. The fraction of sp³-hybridized carbons (Fsp3) is 0.688. The van der Waals surface area contributed by atoms with E-state index in [-0.39, 0.29) is 0 Å². The second kappa shape index (κ2) is 6.11. The predicted molar refractivity (Wildman–Crippen MR) is 88.0 cm³/mol. The lowest BCUT2D eigenvalue weighted by Crippen LogP contribution is -2.55. The third-order valence-electron chi connectivity index (χ3n) is 4.76. The van der Waals surface area contributed by atoms with Crippen molar-refractivity contribution in [2.45, 2.75) is 51.4 Å². The van der Waals surface area contributed by atoms with Crippen molar-refractivity contribution < 1.29 is 0 Å². The van der Waals surface area contributed by atoms with Crippen LogP contribution >= 0.6 is 11.6 Å². The fourth-order valence-corrected chi connectivity index (χ4v) is 3.08. The Morgan fingerprint density at radius 3 is 2.57 bits per heavy atom. The van der Waals surface area contributed by atoms with Crippen LogP contribution in [0.2, 0.25) is 5.02 Å². The summed E-state index contributed by atoms with van der Waals surface area (Å²) in [7, 11) is 2.20. The van der Waals surface area contributed by atoms with Crippen LogP contribution in [0, 0.1) is 0 Å². The topological polar surface area (TPSA) is 31.4 Å². The molecule has 3 rings (SSSR count). The first kappa shape index (κ1) is 15.1. The van der Waals surface area contributed by atoms with E-state index in [4.69, 9.17) is 11.6 Å². The molecule has 1 aromatic rings. The van der Waals surface area contributed by atoms with Crippen LogP contribution in [0.4, 0.5) is 5.82 Å². The highest BCUT2D eigenvalue weighted by atomic mass is 35.5. The summed E-state index contributed by atoms with van der Waals surface area (Å²) < 4.78 is 0. The van der Waals surface area contributed by atoms with E-state index in [9.17, 15) is 0 Å². The van der Waals surface area contributed by atoms with Crippen LogP contribution in [0.25, 0.3) is 0 Å². The Bertz CT molecular complexity index is 491. The zero-order chi connectivity index (χ0) is 15.0. The normalized spacial score (nSPS) is 27.1. The molecule has 2 aliphatic rings. The van der Waals surface area contributed by atoms with Crippen LogP contribution in [-0.2, 0) is 6.54 Å². The van der Waals surface area contributed by atoms with Gasteiger partial charge >= 0.3 is 0 Å². The monoisotopic (exact) mass is 308 g/mol. The maximum absolute atomic E-state index is 6.29. The van der Waals surface area contributed by atoms with Gasteiger partial charge in [0.05, 0.1) is 5.02 Å². The quantitative estimate of drug-likeness (QED) is 0.926. The number of aromatic nitrogens is 1. The molecule has 1 aliphatic carbocycles. The summed E-state index contributed by atoms with van der Waals surface area (Å²) in [6, 6.07) is 3.93. The third kappa shape index (κ3) is 3.50. The number of anilines is 1. The van der Waals surface area contributed by atoms with Crippen molar-refractivity contribution >= 4 is 17.4 Å². The van der Waals surface area contributed by atoms with Crippen LogP contribution in [0.5, 0.6) is 0 Å². The number of likely N-dealkylation sites (N-methyl/N-ethyl adjacent to an activating group) is 1. The Morgan fingerprint density at radius 2 is 1.95 bits per heavy atom. The number of pyridine rings is 1. The van der Waals surface area contributed by atoms with Gasteiger partial charge in [0.25, 0.3) is 0 Å². The molecule has 1 aromatic heterocycles. The highest BCUT2D eigenvalue weighted by molar-refractivity contribution is 6.31. The molecule has 0 bridgehead atoms. The molecule has 1 saturated carbocycles. The molecule has 116 valence electrons. The highest BCUT2D eigenvalue weighted by Crippen LogP contribution is 2.25. The number of rotatable bonds is 4.